The number of hydrogen-bond donors (Lipinski definition) is 1. The number of anilines is 1. The van der Waals surface area contributed by atoms with Crippen molar-refractivity contribution >= 4 is 11.4 Å². The van der Waals surface area contributed by atoms with Gasteiger partial charge in [0.15, 0.2) is 0 Å². The van der Waals surface area contributed by atoms with Crippen molar-refractivity contribution in [1.29, 1.82) is 0 Å². The van der Waals surface area contributed by atoms with Gasteiger partial charge in [-0.3, -0.25) is 10.1 Å². The van der Waals surface area contributed by atoms with Crippen LogP contribution in [0.2, 0.25) is 0 Å². The molecule has 0 fully saturated rings. The normalized spacial score (nSPS) is 10.3. The number of nitro groups is 1. The molecule has 0 radical (unpaired) electrons. The molecule has 0 saturated carbocycles. The second-order valence-corrected chi connectivity index (χ2v) is 4.24. The highest BCUT2D eigenvalue weighted by Gasteiger charge is 2.09. The van der Waals surface area contributed by atoms with Gasteiger partial charge in [-0.25, -0.2) is 0 Å². The lowest BCUT2D eigenvalue weighted by Crippen LogP contribution is -2.01. The van der Waals surface area contributed by atoms with Crippen LogP contribution >= 0.6 is 0 Å². The predicted octanol–water partition coefficient (Wildman–Crippen LogP) is 3.53. The van der Waals surface area contributed by atoms with Gasteiger partial charge in [0.2, 0.25) is 0 Å². The molecule has 0 aliphatic heterocycles. The Kier molecular flexibility index (Phi) is 5.97. The topological polar surface area (TPSA) is 78.4 Å². The quantitative estimate of drug-likeness (QED) is 0.332. The summed E-state index contributed by atoms with van der Waals surface area (Å²) in [4.78, 5) is 10.2. The zero-order chi connectivity index (χ0) is 13.4. The van der Waals surface area contributed by atoms with E-state index in [2.05, 4.69) is 6.92 Å². The van der Waals surface area contributed by atoms with Gasteiger partial charge in [0.05, 0.1) is 23.3 Å². The summed E-state index contributed by atoms with van der Waals surface area (Å²) in [5.41, 5.74) is 6.15. The summed E-state index contributed by atoms with van der Waals surface area (Å²) in [5.74, 6) is 0.402. The van der Waals surface area contributed by atoms with E-state index >= 15 is 0 Å². The SMILES string of the molecule is CCCCCCCOc1cc([N+](=O)[O-])ccc1N. The van der Waals surface area contributed by atoms with Crippen LogP contribution in [0, 0.1) is 10.1 Å². The van der Waals surface area contributed by atoms with Crippen molar-refractivity contribution in [3.05, 3.63) is 28.3 Å². The molecule has 0 spiro atoms. The van der Waals surface area contributed by atoms with Crippen molar-refractivity contribution < 1.29 is 9.66 Å². The average Bonchev–Trinajstić information content (AvgIpc) is 2.35. The van der Waals surface area contributed by atoms with E-state index in [1.165, 1.54) is 37.5 Å². The summed E-state index contributed by atoms with van der Waals surface area (Å²) in [7, 11) is 0. The largest absolute Gasteiger partial charge is 0.491 e. The average molecular weight is 252 g/mol. The van der Waals surface area contributed by atoms with E-state index in [1.54, 1.807) is 0 Å². The third-order valence-corrected chi connectivity index (χ3v) is 2.71. The summed E-state index contributed by atoms with van der Waals surface area (Å²) < 4.78 is 5.48. The van der Waals surface area contributed by atoms with Crippen LogP contribution in [0.1, 0.15) is 39.0 Å². The van der Waals surface area contributed by atoms with Gasteiger partial charge in [0.1, 0.15) is 5.75 Å². The highest BCUT2D eigenvalue weighted by molar-refractivity contribution is 5.57. The van der Waals surface area contributed by atoms with Crippen LogP contribution in [0.25, 0.3) is 0 Å². The third kappa shape index (κ3) is 4.61. The van der Waals surface area contributed by atoms with E-state index in [-0.39, 0.29) is 5.69 Å². The maximum Gasteiger partial charge on any atom is 0.273 e. The second kappa shape index (κ2) is 7.53. The van der Waals surface area contributed by atoms with Crippen molar-refractivity contribution in [2.45, 2.75) is 39.0 Å². The van der Waals surface area contributed by atoms with E-state index in [9.17, 15) is 10.1 Å². The summed E-state index contributed by atoms with van der Waals surface area (Å²) in [6.07, 6.45) is 5.70. The maximum atomic E-state index is 10.6. The van der Waals surface area contributed by atoms with Crippen LogP contribution in [-0.2, 0) is 0 Å². The minimum absolute atomic E-state index is 0.00480. The number of nitrogen functional groups attached to an aromatic ring is 1. The fourth-order valence-corrected chi connectivity index (χ4v) is 1.65. The molecule has 1 aromatic rings. The van der Waals surface area contributed by atoms with Crippen molar-refractivity contribution in [2.24, 2.45) is 0 Å². The number of nitro benzene ring substituents is 1. The summed E-state index contributed by atoms with van der Waals surface area (Å²) in [6, 6.07) is 4.26. The smallest absolute Gasteiger partial charge is 0.273 e. The molecule has 0 atom stereocenters. The van der Waals surface area contributed by atoms with Crippen LogP contribution in [0.5, 0.6) is 5.75 Å². The van der Waals surface area contributed by atoms with Gasteiger partial charge < -0.3 is 10.5 Å². The van der Waals surface area contributed by atoms with Crippen LogP contribution < -0.4 is 10.5 Å². The number of unbranched alkanes of at least 4 members (excludes halogenated alkanes) is 4. The molecule has 5 nitrogen and oxygen atoms in total. The first-order chi connectivity index (χ1) is 8.65. The van der Waals surface area contributed by atoms with E-state index in [1.807, 2.05) is 0 Å². The molecule has 18 heavy (non-hydrogen) atoms. The van der Waals surface area contributed by atoms with Gasteiger partial charge in [-0.05, 0) is 12.5 Å². The molecule has 100 valence electrons. The van der Waals surface area contributed by atoms with Crippen LogP contribution in [-0.4, -0.2) is 11.5 Å². The number of rotatable bonds is 8. The van der Waals surface area contributed by atoms with Crippen LogP contribution in [0.4, 0.5) is 11.4 Å². The zero-order valence-electron chi connectivity index (χ0n) is 10.7. The van der Waals surface area contributed by atoms with Gasteiger partial charge in [0.25, 0.3) is 5.69 Å². The minimum Gasteiger partial charge on any atom is -0.491 e. The summed E-state index contributed by atoms with van der Waals surface area (Å²) in [5, 5.41) is 10.6. The molecule has 0 aromatic heterocycles. The Hall–Kier alpha value is -1.78. The number of nitrogens with zero attached hydrogens (tertiary/aromatic N) is 1. The number of benzene rings is 1. The monoisotopic (exact) mass is 252 g/mol. The molecule has 1 aromatic carbocycles. The molecule has 1 rings (SSSR count). The highest BCUT2D eigenvalue weighted by atomic mass is 16.6. The molecule has 0 heterocycles. The molecule has 0 bridgehead atoms. The van der Waals surface area contributed by atoms with Crippen molar-refractivity contribution in [3.8, 4) is 5.75 Å². The molecule has 0 amide bonds. The van der Waals surface area contributed by atoms with Gasteiger partial charge >= 0.3 is 0 Å². The number of non-ortho nitro benzene ring substituents is 1. The Morgan fingerprint density at radius 3 is 2.67 bits per heavy atom. The molecule has 0 aliphatic carbocycles. The first-order valence-electron chi connectivity index (χ1n) is 6.32. The lowest BCUT2D eigenvalue weighted by molar-refractivity contribution is -0.384. The fraction of sp³-hybridized carbons (Fsp3) is 0.538. The molecule has 0 saturated heterocycles. The maximum absolute atomic E-state index is 10.6. The Bertz CT molecular complexity index is 394. The lowest BCUT2D eigenvalue weighted by atomic mass is 10.2. The molecular weight excluding hydrogens is 232 g/mol. The Balaban J connectivity index is 2.41. The molecule has 0 aliphatic rings. The van der Waals surface area contributed by atoms with E-state index in [4.69, 9.17) is 10.5 Å². The predicted molar refractivity (Wildman–Crippen MR) is 71.8 cm³/mol. The number of ether oxygens (including phenoxy) is 1. The standard InChI is InChI=1S/C13H20N2O3/c1-2-3-4-5-6-9-18-13-10-11(15(16)17)7-8-12(13)14/h7-8,10H,2-6,9,14H2,1H3. The van der Waals surface area contributed by atoms with Gasteiger partial charge in [-0.15, -0.1) is 0 Å². The Labute approximate surface area is 107 Å². The van der Waals surface area contributed by atoms with E-state index < -0.39 is 4.92 Å². The Morgan fingerprint density at radius 1 is 1.28 bits per heavy atom. The van der Waals surface area contributed by atoms with Gasteiger partial charge in [-0.2, -0.15) is 0 Å². The molecule has 5 heteroatoms. The summed E-state index contributed by atoms with van der Waals surface area (Å²) >= 11 is 0. The number of nitrogens with two attached hydrogens (primary N) is 1. The van der Waals surface area contributed by atoms with Crippen molar-refractivity contribution in [2.75, 3.05) is 12.3 Å². The second-order valence-electron chi connectivity index (χ2n) is 4.24. The first kappa shape index (κ1) is 14.3. The summed E-state index contributed by atoms with van der Waals surface area (Å²) in [6.45, 7) is 2.72. The Morgan fingerprint density at radius 2 is 2.00 bits per heavy atom. The third-order valence-electron chi connectivity index (χ3n) is 2.71. The van der Waals surface area contributed by atoms with Crippen LogP contribution in [0.3, 0.4) is 0 Å². The highest BCUT2D eigenvalue weighted by Crippen LogP contribution is 2.26. The molecule has 0 unspecified atom stereocenters. The first-order valence-corrected chi connectivity index (χ1v) is 6.32. The van der Waals surface area contributed by atoms with Crippen molar-refractivity contribution in [3.63, 3.8) is 0 Å². The molecular formula is C13H20N2O3. The minimum atomic E-state index is -0.451. The molecule has 2 N–H and O–H groups in total. The van der Waals surface area contributed by atoms with Crippen LogP contribution in [0.15, 0.2) is 18.2 Å². The van der Waals surface area contributed by atoms with E-state index in [0.717, 1.165) is 12.8 Å². The zero-order valence-corrected chi connectivity index (χ0v) is 10.7. The number of hydrogen-bond acceptors (Lipinski definition) is 4. The van der Waals surface area contributed by atoms with Crippen molar-refractivity contribution in [1.82, 2.24) is 0 Å². The van der Waals surface area contributed by atoms with Gasteiger partial charge in [0, 0.05) is 6.07 Å². The lowest BCUT2D eigenvalue weighted by Gasteiger charge is -2.08. The fourth-order valence-electron chi connectivity index (χ4n) is 1.65. The van der Waals surface area contributed by atoms with E-state index in [0.29, 0.717) is 18.0 Å². The van der Waals surface area contributed by atoms with Gasteiger partial charge in [-0.1, -0.05) is 32.6 Å².